The van der Waals surface area contributed by atoms with Gasteiger partial charge in [0.1, 0.15) is 5.82 Å². The van der Waals surface area contributed by atoms with Gasteiger partial charge in [-0.25, -0.2) is 4.39 Å². The maximum atomic E-state index is 13.0. The van der Waals surface area contributed by atoms with E-state index in [-0.39, 0.29) is 12.4 Å². The van der Waals surface area contributed by atoms with Crippen LogP contribution in [0.4, 0.5) is 10.1 Å². The SMILES string of the molecule is CCCCOCCOCC(O)CNc1ccc(F)cc1C. The third-order valence-corrected chi connectivity index (χ3v) is 3.04. The molecule has 0 spiro atoms. The number of hydrogen-bond donors (Lipinski definition) is 2. The van der Waals surface area contributed by atoms with E-state index < -0.39 is 6.10 Å². The Morgan fingerprint density at radius 1 is 1.24 bits per heavy atom. The number of benzene rings is 1. The van der Waals surface area contributed by atoms with Crippen LogP contribution in [0.1, 0.15) is 25.3 Å². The largest absolute Gasteiger partial charge is 0.389 e. The van der Waals surface area contributed by atoms with Gasteiger partial charge in [-0.3, -0.25) is 0 Å². The first-order chi connectivity index (χ1) is 10.1. The summed E-state index contributed by atoms with van der Waals surface area (Å²) in [6, 6.07) is 4.52. The van der Waals surface area contributed by atoms with Crippen LogP contribution in [0.25, 0.3) is 0 Å². The normalized spacial score (nSPS) is 12.4. The van der Waals surface area contributed by atoms with Crippen molar-refractivity contribution in [1.29, 1.82) is 0 Å². The van der Waals surface area contributed by atoms with Crippen molar-refractivity contribution in [3.63, 3.8) is 0 Å². The lowest BCUT2D eigenvalue weighted by Crippen LogP contribution is -2.26. The number of ether oxygens (including phenoxy) is 2. The minimum atomic E-state index is -0.606. The molecule has 0 heterocycles. The number of rotatable bonds is 11. The first-order valence-electron chi connectivity index (χ1n) is 7.47. The van der Waals surface area contributed by atoms with E-state index in [2.05, 4.69) is 12.2 Å². The van der Waals surface area contributed by atoms with Crippen molar-refractivity contribution in [2.75, 3.05) is 38.3 Å². The summed E-state index contributed by atoms with van der Waals surface area (Å²) in [6.07, 6.45) is 1.57. The molecular formula is C16H26FNO3. The number of aliphatic hydroxyl groups excluding tert-OH is 1. The molecule has 21 heavy (non-hydrogen) atoms. The maximum absolute atomic E-state index is 13.0. The second-order valence-electron chi connectivity index (χ2n) is 5.03. The Morgan fingerprint density at radius 3 is 2.71 bits per heavy atom. The minimum Gasteiger partial charge on any atom is -0.389 e. The number of anilines is 1. The quantitative estimate of drug-likeness (QED) is 0.617. The Hall–Kier alpha value is -1.17. The molecule has 0 aromatic heterocycles. The van der Waals surface area contributed by atoms with Crippen molar-refractivity contribution < 1.29 is 19.0 Å². The monoisotopic (exact) mass is 299 g/mol. The molecule has 1 aromatic rings. The molecule has 2 N–H and O–H groups in total. The second-order valence-corrected chi connectivity index (χ2v) is 5.03. The summed E-state index contributed by atoms with van der Waals surface area (Å²) in [7, 11) is 0. The molecule has 1 unspecified atom stereocenters. The van der Waals surface area contributed by atoms with Crippen molar-refractivity contribution in [1.82, 2.24) is 0 Å². The van der Waals surface area contributed by atoms with E-state index in [0.717, 1.165) is 30.7 Å². The van der Waals surface area contributed by atoms with Crippen molar-refractivity contribution in [3.8, 4) is 0 Å². The highest BCUT2D eigenvalue weighted by atomic mass is 19.1. The van der Waals surface area contributed by atoms with Gasteiger partial charge in [-0.15, -0.1) is 0 Å². The fourth-order valence-corrected chi connectivity index (χ4v) is 1.80. The van der Waals surface area contributed by atoms with Gasteiger partial charge in [-0.1, -0.05) is 13.3 Å². The van der Waals surface area contributed by atoms with E-state index >= 15 is 0 Å². The van der Waals surface area contributed by atoms with Gasteiger partial charge in [0.15, 0.2) is 0 Å². The van der Waals surface area contributed by atoms with E-state index in [4.69, 9.17) is 9.47 Å². The van der Waals surface area contributed by atoms with Crippen LogP contribution in [0.3, 0.4) is 0 Å². The van der Waals surface area contributed by atoms with Crippen LogP contribution < -0.4 is 5.32 Å². The van der Waals surface area contributed by atoms with Crippen LogP contribution >= 0.6 is 0 Å². The summed E-state index contributed by atoms with van der Waals surface area (Å²) < 4.78 is 23.6. The average molecular weight is 299 g/mol. The lowest BCUT2D eigenvalue weighted by atomic mass is 10.2. The van der Waals surface area contributed by atoms with E-state index in [1.54, 1.807) is 6.07 Å². The van der Waals surface area contributed by atoms with Crippen LogP contribution in [0.15, 0.2) is 18.2 Å². The first kappa shape index (κ1) is 17.9. The van der Waals surface area contributed by atoms with Gasteiger partial charge in [0.2, 0.25) is 0 Å². The molecule has 4 nitrogen and oxygen atoms in total. The number of aliphatic hydroxyl groups is 1. The smallest absolute Gasteiger partial charge is 0.123 e. The third kappa shape index (κ3) is 7.99. The van der Waals surface area contributed by atoms with Gasteiger partial charge < -0.3 is 19.9 Å². The lowest BCUT2D eigenvalue weighted by Gasteiger charge is -2.14. The van der Waals surface area contributed by atoms with Crippen LogP contribution in [-0.2, 0) is 9.47 Å². The van der Waals surface area contributed by atoms with E-state index in [1.165, 1.54) is 12.1 Å². The molecule has 0 saturated heterocycles. The van der Waals surface area contributed by atoms with E-state index in [1.807, 2.05) is 6.92 Å². The predicted octanol–water partition coefficient (Wildman–Crippen LogP) is 2.74. The molecule has 0 fully saturated rings. The summed E-state index contributed by atoms with van der Waals surface area (Å²) in [5.41, 5.74) is 1.63. The number of unbranched alkanes of at least 4 members (excludes halogenated alkanes) is 1. The zero-order valence-electron chi connectivity index (χ0n) is 12.9. The number of hydrogen-bond acceptors (Lipinski definition) is 4. The van der Waals surface area contributed by atoms with Crippen molar-refractivity contribution in [2.45, 2.75) is 32.8 Å². The van der Waals surface area contributed by atoms with Gasteiger partial charge in [0, 0.05) is 18.8 Å². The van der Waals surface area contributed by atoms with Gasteiger partial charge in [-0.05, 0) is 37.1 Å². The average Bonchev–Trinajstić information content (AvgIpc) is 2.45. The molecular weight excluding hydrogens is 273 g/mol. The van der Waals surface area contributed by atoms with Crippen molar-refractivity contribution in [2.24, 2.45) is 0 Å². The molecule has 0 aliphatic rings. The van der Waals surface area contributed by atoms with Crippen LogP contribution in [-0.4, -0.2) is 44.2 Å². The fraction of sp³-hybridized carbons (Fsp3) is 0.625. The Bertz CT molecular complexity index is 401. The number of nitrogens with one attached hydrogen (secondary N) is 1. The van der Waals surface area contributed by atoms with Crippen molar-refractivity contribution in [3.05, 3.63) is 29.6 Å². The molecule has 1 rings (SSSR count). The molecule has 0 aliphatic carbocycles. The molecule has 1 atom stereocenters. The zero-order valence-corrected chi connectivity index (χ0v) is 12.9. The highest BCUT2D eigenvalue weighted by molar-refractivity contribution is 5.50. The van der Waals surface area contributed by atoms with Crippen LogP contribution in [0.2, 0.25) is 0 Å². The molecule has 0 radical (unpaired) electrons. The molecule has 0 saturated carbocycles. The lowest BCUT2D eigenvalue weighted by molar-refractivity contribution is 0.00749. The Balaban J connectivity index is 2.09. The van der Waals surface area contributed by atoms with Gasteiger partial charge in [0.05, 0.1) is 25.9 Å². The standard InChI is InChI=1S/C16H26FNO3/c1-3-4-7-20-8-9-21-12-15(19)11-18-16-6-5-14(17)10-13(16)2/h5-6,10,15,18-19H,3-4,7-9,11-12H2,1-2H3. The summed E-state index contributed by atoms with van der Waals surface area (Å²) in [6.45, 7) is 6.35. The van der Waals surface area contributed by atoms with Crippen LogP contribution in [0, 0.1) is 12.7 Å². The predicted molar refractivity (Wildman–Crippen MR) is 82.2 cm³/mol. The molecule has 5 heteroatoms. The first-order valence-corrected chi connectivity index (χ1v) is 7.47. The van der Waals surface area contributed by atoms with Crippen molar-refractivity contribution >= 4 is 5.69 Å². The molecule has 1 aromatic carbocycles. The number of halogens is 1. The minimum absolute atomic E-state index is 0.254. The fourth-order valence-electron chi connectivity index (χ4n) is 1.80. The molecule has 0 bridgehead atoms. The van der Waals surface area contributed by atoms with Crippen LogP contribution in [0.5, 0.6) is 0 Å². The van der Waals surface area contributed by atoms with Gasteiger partial charge >= 0.3 is 0 Å². The summed E-state index contributed by atoms with van der Waals surface area (Å²) in [4.78, 5) is 0. The summed E-state index contributed by atoms with van der Waals surface area (Å²) in [5.74, 6) is -0.259. The van der Waals surface area contributed by atoms with E-state index in [9.17, 15) is 9.50 Å². The topological polar surface area (TPSA) is 50.7 Å². The Labute approximate surface area is 126 Å². The Kier molecular flexibility index (Phi) is 8.98. The van der Waals surface area contributed by atoms with Gasteiger partial charge in [-0.2, -0.15) is 0 Å². The third-order valence-electron chi connectivity index (χ3n) is 3.04. The van der Waals surface area contributed by atoms with E-state index in [0.29, 0.717) is 19.8 Å². The highest BCUT2D eigenvalue weighted by Crippen LogP contribution is 2.15. The van der Waals surface area contributed by atoms with Gasteiger partial charge in [0.25, 0.3) is 0 Å². The highest BCUT2D eigenvalue weighted by Gasteiger charge is 2.06. The molecule has 0 amide bonds. The second kappa shape index (κ2) is 10.5. The number of aryl methyl sites for hydroxylation is 1. The Morgan fingerprint density at radius 2 is 2.00 bits per heavy atom. The summed E-state index contributed by atoms with van der Waals surface area (Å²) >= 11 is 0. The summed E-state index contributed by atoms with van der Waals surface area (Å²) in [5, 5.41) is 12.9. The molecule has 0 aliphatic heterocycles. The zero-order chi connectivity index (χ0) is 15.5. The molecule has 120 valence electrons. The maximum Gasteiger partial charge on any atom is 0.123 e.